The summed E-state index contributed by atoms with van der Waals surface area (Å²) in [4.78, 5) is 4.29. The Kier molecular flexibility index (Phi) is 3.29. The predicted molar refractivity (Wildman–Crippen MR) is 67.4 cm³/mol. The van der Waals surface area contributed by atoms with Crippen LogP contribution < -0.4 is 5.32 Å². The molecule has 0 saturated heterocycles. The lowest BCUT2D eigenvalue weighted by atomic mass is 10.2. The van der Waals surface area contributed by atoms with Gasteiger partial charge in [0.15, 0.2) is 0 Å². The standard InChI is InChI=1S/C12H13BrN2O/c1-8-5-6-14-12(11(8)13)15-9(2)10-4-3-7-16-10/h3-7,9H,1-2H3,(H,14,15). The maximum Gasteiger partial charge on any atom is 0.141 e. The highest BCUT2D eigenvalue weighted by Crippen LogP contribution is 2.26. The number of nitrogens with zero attached hydrogens (tertiary/aromatic N) is 1. The molecular weight excluding hydrogens is 268 g/mol. The van der Waals surface area contributed by atoms with Crippen molar-refractivity contribution < 1.29 is 4.42 Å². The summed E-state index contributed by atoms with van der Waals surface area (Å²) >= 11 is 3.52. The van der Waals surface area contributed by atoms with E-state index in [1.165, 1.54) is 0 Å². The SMILES string of the molecule is Cc1ccnc(NC(C)c2ccco2)c1Br. The van der Waals surface area contributed by atoms with Crippen molar-refractivity contribution in [2.24, 2.45) is 0 Å². The van der Waals surface area contributed by atoms with E-state index in [0.29, 0.717) is 0 Å². The molecule has 0 spiro atoms. The summed E-state index contributed by atoms with van der Waals surface area (Å²) in [5.41, 5.74) is 1.16. The highest BCUT2D eigenvalue weighted by atomic mass is 79.9. The molecule has 2 heterocycles. The van der Waals surface area contributed by atoms with Crippen LogP contribution in [-0.2, 0) is 0 Å². The smallest absolute Gasteiger partial charge is 0.141 e. The minimum atomic E-state index is 0.0978. The van der Waals surface area contributed by atoms with Crippen molar-refractivity contribution in [2.75, 3.05) is 5.32 Å². The molecule has 0 saturated carbocycles. The number of rotatable bonds is 3. The number of aryl methyl sites for hydroxylation is 1. The lowest BCUT2D eigenvalue weighted by molar-refractivity contribution is 0.490. The summed E-state index contributed by atoms with van der Waals surface area (Å²) in [6.45, 7) is 4.07. The average molecular weight is 281 g/mol. The largest absolute Gasteiger partial charge is 0.467 e. The van der Waals surface area contributed by atoms with Crippen molar-refractivity contribution >= 4 is 21.7 Å². The van der Waals surface area contributed by atoms with E-state index >= 15 is 0 Å². The van der Waals surface area contributed by atoms with E-state index in [9.17, 15) is 0 Å². The summed E-state index contributed by atoms with van der Waals surface area (Å²) < 4.78 is 6.33. The predicted octanol–water partition coefficient (Wildman–Crippen LogP) is 3.92. The molecule has 0 radical (unpaired) electrons. The number of hydrogen-bond donors (Lipinski definition) is 1. The molecule has 0 fully saturated rings. The second kappa shape index (κ2) is 4.70. The third kappa shape index (κ3) is 2.27. The summed E-state index contributed by atoms with van der Waals surface area (Å²) in [5.74, 6) is 1.74. The first-order valence-electron chi connectivity index (χ1n) is 5.09. The van der Waals surface area contributed by atoms with Gasteiger partial charge in [0, 0.05) is 6.20 Å². The zero-order valence-electron chi connectivity index (χ0n) is 9.20. The summed E-state index contributed by atoms with van der Waals surface area (Å²) in [6.07, 6.45) is 3.46. The van der Waals surface area contributed by atoms with Crippen LogP contribution in [0.2, 0.25) is 0 Å². The monoisotopic (exact) mass is 280 g/mol. The molecular formula is C12H13BrN2O. The molecule has 0 amide bonds. The van der Waals surface area contributed by atoms with Crippen LogP contribution in [0.3, 0.4) is 0 Å². The Morgan fingerprint density at radius 2 is 2.25 bits per heavy atom. The number of anilines is 1. The molecule has 2 rings (SSSR count). The highest BCUT2D eigenvalue weighted by Gasteiger charge is 2.11. The van der Waals surface area contributed by atoms with Crippen molar-refractivity contribution in [3.63, 3.8) is 0 Å². The Morgan fingerprint density at radius 3 is 2.94 bits per heavy atom. The average Bonchev–Trinajstić information content (AvgIpc) is 2.78. The van der Waals surface area contributed by atoms with Gasteiger partial charge in [-0.3, -0.25) is 0 Å². The first-order chi connectivity index (χ1) is 7.68. The van der Waals surface area contributed by atoms with Crippen LogP contribution in [-0.4, -0.2) is 4.98 Å². The Hall–Kier alpha value is -1.29. The van der Waals surface area contributed by atoms with Crippen molar-refractivity contribution in [3.8, 4) is 0 Å². The topological polar surface area (TPSA) is 38.1 Å². The second-order valence-corrected chi connectivity index (χ2v) is 4.46. The van der Waals surface area contributed by atoms with Crippen LogP contribution in [0, 0.1) is 6.92 Å². The molecule has 1 unspecified atom stereocenters. The van der Waals surface area contributed by atoms with E-state index in [0.717, 1.165) is 21.6 Å². The summed E-state index contributed by atoms with van der Waals surface area (Å²) in [6, 6.07) is 5.89. The van der Waals surface area contributed by atoms with Crippen molar-refractivity contribution in [1.82, 2.24) is 4.98 Å². The highest BCUT2D eigenvalue weighted by molar-refractivity contribution is 9.10. The Labute approximate surface area is 103 Å². The minimum absolute atomic E-state index is 0.0978. The lowest BCUT2D eigenvalue weighted by Gasteiger charge is -2.14. The first kappa shape index (κ1) is 11.2. The van der Waals surface area contributed by atoms with Crippen LogP contribution in [0.25, 0.3) is 0 Å². The van der Waals surface area contributed by atoms with E-state index in [-0.39, 0.29) is 6.04 Å². The molecule has 84 valence electrons. The van der Waals surface area contributed by atoms with Crippen LogP contribution in [0.5, 0.6) is 0 Å². The lowest BCUT2D eigenvalue weighted by Crippen LogP contribution is -2.07. The van der Waals surface area contributed by atoms with Crippen LogP contribution in [0.15, 0.2) is 39.5 Å². The Morgan fingerprint density at radius 1 is 1.44 bits per heavy atom. The number of hydrogen-bond acceptors (Lipinski definition) is 3. The van der Waals surface area contributed by atoms with Gasteiger partial charge in [0.1, 0.15) is 11.6 Å². The molecule has 4 heteroatoms. The zero-order valence-corrected chi connectivity index (χ0v) is 10.8. The van der Waals surface area contributed by atoms with Crippen molar-refractivity contribution in [3.05, 3.63) is 46.5 Å². The van der Waals surface area contributed by atoms with Gasteiger partial charge in [0.05, 0.1) is 16.8 Å². The third-order valence-electron chi connectivity index (χ3n) is 2.41. The Balaban J connectivity index is 2.18. The molecule has 0 aliphatic rings. The molecule has 1 atom stereocenters. The third-order valence-corrected chi connectivity index (χ3v) is 3.41. The normalized spacial score (nSPS) is 12.4. The molecule has 16 heavy (non-hydrogen) atoms. The van der Waals surface area contributed by atoms with Gasteiger partial charge in [-0.1, -0.05) is 0 Å². The van der Waals surface area contributed by atoms with Crippen LogP contribution in [0.4, 0.5) is 5.82 Å². The Bertz CT molecular complexity index is 468. The molecule has 0 aliphatic heterocycles. The van der Waals surface area contributed by atoms with Gasteiger partial charge in [0.2, 0.25) is 0 Å². The van der Waals surface area contributed by atoms with Gasteiger partial charge in [-0.25, -0.2) is 4.98 Å². The number of pyridine rings is 1. The second-order valence-electron chi connectivity index (χ2n) is 3.67. The molecule has 2 aromatic heterocycles. The van der Waals surface area contributed by atoms with E-state index in [2.05, 4.69) is 26.2 Å². The molecule has 2 aromatic rings. The molecule has 0 aromatic carbocycles. The van der Waals surface area contributed by atoms with Gasteiger partial charge >= 0.3 is 0 Å². The fraction of sp³-hybridized carbons (Fsp3) is 0.250. The number of halogens is 1. The van der Waals surface area contributed by atoms with Gasteiger partial charge in [-0.2, -0.15) is 0 Å². The van der Waals surface area contributed by atoms with E-state index in [4.69, 9.17) is 4.42 Å². The number of aromatic nitrogens is 1. The van der Waals surface area contributed by atoms with Gasteiger partial charge < -0.3 is 9.73 Å². The van der Waals surface area contributed by atoms with Crippen LogP contribution >= 0.6 is 15.9 Å². The van der Waals surface area contributed by atoms with Crippen molar-refractivity contribution in [2.45, 2.75) is 19.9 Å². The van der Waals surface area contributed by atoms with Gasteiger partial charge in [0.25, 0.3) is 0 Å². The zero-order chi connectivity index (χ0) is 11.5. The molecule has 0 bridgehead atoms. The maximum atomic E-state index is 5.33. The molecule has 3 nitrogen and oxygen atoms in total. The van der Waals surface area contributed by atoms with Crippen LogP contribution in [0.1, 0.15) is 24.3 Å². The number of furan rings is 1. The summed E-state index contributed by atoms with van der Waals surface area (Å²) in [7, 11) is 0. The minimum Gasteiger partial charge on any atom is -0.467 e. The molecule has 0 aliphatic carbocycles. The fourth-order valence-corrected chi connectivity index (χ4v) is 1.80. The maximum absolute atomic E-state index is 5.33. The van der Waals surface area contributed by atoms with E-state index in [1.54, 1.807) is 12.5 Å². The molecule has 1 N–H and O–H groups in total. The first-order valence-corrected chi connectivity index (χ1v) is 5.89. The van der Waals surface area contributed by atoms with Gasteiger partial charge in [-0.15, -0.1) is 0 Å². The summed E-state index contributed by atoms with van der Waals surface area (Å²) in [5, 5.41) is 3.30. The van der Waals surface area contributed by atoms with E-state index in [1.807, 2.05) is 32.0 Å². The number of nitrogens with one attached hydrogen (secondary N) is 1. The van der Waals surface area contributed by atoms with E-state index < -0.39 is 0 Å². The van der Waals surface area contributed by atoms with Gasteiger partial charge in [-0.05, 0) is 53.5 Å². The van der Waals surface area contributed by atoms with Crippen molar-refractivity contribution in [1.29, 1.82) is 0 Å². The fourth-order valence-electron chi connectivity index (χ4n) is 1.45. The quantitative estimate of drug-likeness (QED) is 0.926.